The molecule has 1 fully saturated rings. The van der Waals surface area contributed by atoms with Crippen molar-refractivity contribution in [2.24, 2.45) is 11.8 Å². The van der Waals surface area contributed by atoms with Crippen LogP contribution < -0.4 is 5.32 Å². The molecule has 2 N–H and O–H groups in total. The second-order valence-electron chi connectivity index (χ2n) is 7.28. The van der Waals surface area contributed by atoms with Crippen molar-refractivity contribution in [2.75, 3.05) is 13.2 Å². The Morgan fingerprint density at radius 1 is 1.29 bits per heavy atom. The summed E-state index contributed by atoms with van der Waals surface area (Å²) in [5.41, 5.74) is 1.34. The van der Waals surface area contributed by atoms with Gasteiger partial charge in [0.25, 0.3) is 0 Å². The molecule has 1 aliphatic carbocycles. The summed E-state index contributed by atoms with van der Waals surface area (Å²) in [6.45, 7) is 8.09. The van der Waals surface area contributed by atoms with Crippen LogP contribution in [0.5, 0.6) is 0 Å². The molecule has 2 heteroatoms. The summed E-state index contributed by atoms with van der Waals surface area (Å²) in [5, 5.41) is 13.7. The van der Waals surface area contributed by atoms with E-state index in [2.05, 4.69) is 56.4 Å². The lowest BCUT2D eigenvalue weighted by Gasteiger charge is -2.41. The van der Waals surface area contributed by atoms with E-state index in [4.69, 9.17) is 0 Å². The molecule has 3 unspecified atom stereocenters. The van der Waals surface area contributed by atoms with E-state index in [-0.39, 0.29) is 12.1 Å². The average molecular weight is 289 g/mol. The van der Waals surface area contributed by atoms with Gasteiger partial charge in [0, 0.05) is 12.1 Å². The molecular formula is C19H31NO. The van der Waals surface area contributed by atoms with Crippen molar-refractivity contribution >= 4 is 0 Å². The minimum atomic E-state index is -0.0560. The van der Waals surface area contributed by atoms with Gasteiger partial charge in [0.15, 0.2) is 0 Å². The van der Waals surface area contributed by atoms with Gasteiger partial charge in [0.1, 0.15) is 0 Å². The molecular weight excluding hydrogens is 258 g/mol. The standard InChI is InChI=1S/C19H31NO/c1-15(2)18(17-9-5-4-6-10-17)13-20-19(14-21)11-7-8-16(3)12-19/h4-6,9-10,15-16,18,20-21H,7-8,11-14H2,1-3H3. The van der Waals surface area contributed by atoms with Crippen molar-refractivity contribution < 1.29 is 5.11 Å². The highest BCUT2D eigenvalue weighted by Gasteiger charge is 2.34. The molecule has 0 radical (unpaired) electrons. The predicted octanol–water partition coefficient (Wildman–Crippen LogP) is 3.96. The van der Waals surface area contributed by atoms with Gasteiger partial charge in [-0.1, -0.05) is 63.9 Å². The monoisotopic (exact) mass is 289 g/mol. The molecule has 0 bridgehead atoms. The molecule has 118 valence electrons. The largest absolute Gasteiger partial charge is 0.394 e. The summed E-state index contributed by atoms with van der Waals surface area (Å²) in [7, 11) is 0. The fraction of sp³-hybridized carbons (Fsp3) is 0.684. The van der Waals surface area contributed by atoms with E-state index in [1.807, 2.05) is 0 Å². The third-order valence-corrected chi connectivity index (χ3v) is 5.12. The molecule has 0 heterocycles. The van der Waals surface area contributed by atoms with Gasteiger partial charge in [-0.3, -0.25) is 0 Å². The smallest absolute Gasteiger partial charge is 0.0613 e. The van der Waals surface area contributed by atoms with Crippen molar-refractivity contribution in [2.45, 2.75) is 57.9 Å². The second-order valence-corrected chi connectivity index (χ2v) is 7.28. The molecule has 0 spiro atoms. The highest BCUT2D eigenvalue weighted by molar-refractivity contribution is 5.20. The van der Waals surface area contributed by atoms with Crippen LogP contribution in [0.15, 0.2) is 30.3 Å². The first-order valence-electron chi connectivity index (χ1n) is 8.47. The minimum absolute atomic E-state index is 0.0560. The van der Waals surface area contributed by atoms with Crippen molar-refractivity contribution in [3.63, 3.8) is 0 Å². The Bertz CT molecular complexity index is 417. The first kappa shape index (κ1) is 16.5. The van der Waals surface area contributed by atoms with Crippen LogP contribution in [0.4, 0.5) is 0 Å². The van der Waals surface area contributed by atoms with Gasteiger partial charge < -0.3 is 10.4 Å². The Balaban J connectivity index is 2.04. The lowest BCUT2D eigenvalue weighted by atomic mass is 9.76. The van der Waals surface area contributed by atoms with Crippen molar-refractivity contribution in [1.29, 1.82) is 0 Å². The van der Waals surface area contributed by atoms with E-state index in [9.17, 15) is 5.11 Å². The zero-order valence-corrected chi connectivity index (χ0v) is 13.8. The topological polar surface area (TPSA) is 32.3 Å². The number of benzene rings is 1. The number of aliphatic hydroxyl groups is 1. The Morgan fingerprint density at radius 2 is 2.00 bits per heavy atom. The SMILES string of the molecule is CC1CCCC(CO)(NCC(c2ccccc2)C(C)C)C1. The van der Waals surface area contributed by atoms with Crippen LogP contribution in [-0.2, 0) is 0 Å². The quantitative estimate of drug-likeness (QED) is 0.831. The van der Waals surface area contributed by atoms with Crippen LogP contribution in [0.1, 0.15) is 57.9 Å². The normalized spacial score (nSPS) is 27.8. The van der Waals surface area contributed by atoms with Gasteiger partial charge in [-0.2, -0.15) is 0 Å². The maximum absolute atomic E-state index is 9.92. The third kappa shape index (κ3) is 4.31. The van der Waals surface area contributed by atoms with E-state index < -0.39 is 0 Å². The molecule has 1 aromatic rings. The summed E-state index contributed by atoms with van der Waals surface area (Å²) in [6, 6.07) is 10.8. The molecule has 1 saturated carbocycles. The van der Waals surface area contributed by atoms with Crippen molar-refractivity contribution in [1.82, 2.24) is 5.32 Å². The number of rotatable bonds is 6. The number of aliphatic hydroxyl groups excluding tert-OH is 1. The summed E-state index contributed by atoms with van der Waals surface area (Å²) >= 11 is 0. The zero-order valence-electron chi connectivity index (χ0n) is 13.8. The summed E-state index contributed by atoms with van der Waals surface area (Å²) in [5.74, 6) is 1.82. The fourth-order valence-electron chi connectivity index (χ4n) is 3.79. The van der Waals surface area contributed by atoms with E-state index in [0.29, 0.717) is 17.8 Å². The van der Waals surface area contributed by atoms with Gasteiger partial charge in [0.05, 0.1) is 6.61 Å². The first-order valence-corrected chi connectivity index (χ1v) is 8.47. The van der Waals surface area contributed by atoms with Crippen LogP contribution in [0.25, 0.3) is 0 Å². The van der Waals surface area contributed by atoms with Gasteiger partial charge in [0.2, 0.25) is 0 Å². The lowest BCUT2D eigenvalue weighted by Crippen LogP contribution is -2.52. The van der Waals surface area contributed by atoms with Crippen molar-refractivity contribution in [3.8, 4) is 0 Å². The molecule has 1 aliphatic rings. The van der Waals surface area contributed by atoms with Crippen LogP contribution in [0.3, 0.4) is 0 Å². The number of nitrogens with one attached hydrogen (secondary N) is 1. The first-order chi connectivity index (χ1) is 10.1. The number of hydrogen-bond acceptors (Lipinski definition) is 2. The zero-order chi connectivity index (χ0) is 15.3. The summed E-state index contributed by atoms with van der Waals surface area (Å²) in [4.78, 5) is 0. The molecule has 0 saturated heterocycles. The van der Waals surface area contributed by atoms with Gasteiger partial charge in [-0.05, 0) is 36.2 Å². The maximum atomic E-state index is 9.92. The molecule has 3 atom stereocenters. The molecule has 1 aromatic carbocycles. The highest BCUT2D eigenvalue weighted by Crippen LogP contribution is 2.33. The van der Waals surface area contributed by atoms with E-state index in [0.717, 1.165) is 19.4 Å². The van der Waals surface area contributed by atoms with E-state index >= 15 is 0 Å². The number of hydrogen-bond donors (Lipinski definition) is 2. The molecule has 2 nitrogen and oxygen atoms in total. The van der Waals surface area contributed by atoms with Gasteiger partial charge >= 0.3 is 0 Å². The predicted molar refractivity (Wildman–Crippen MR) is 89.5 cm³/mol. The lowest BCUT2D eigenvalue weighted by molar-refractivity contribution is 0.0967. The summed E-state index contributed by atoms with van der Waals surface area (Å²) in [6.07, 6.45) is 4.73. The van der Waals surface area contributed by atoms with E-state index in [1.165, 1.54) is 18.4 Å². The fourth-order valence-corrected chi connectivity index (χ4v) is 3.79. The molecule has 21 heavy (non-hydrogen) atoms. The molecule has 2 rings (SSSR count). The molecule has 0 amide bonds. The second kappa shape index (κ2) is 7.42. The Morgan fingerprint density at radius 3 is 2.57 bits per heavy atom. The van der Waals surface area contributed by atoms with Crippen molar-refractivity contribution in [3.05, 3.63) is 35.9 Å². The Hall–Kier alpha value is -0.860. The summed E-state index contributed by atoms with van der Waals surface area (Å²) < 4.78 is 0. The minimum Gasteiger partial charge on any atom is -0.394 e. The van der Waals surface area contributed by atoms with Crippen LogP contribution in [0.2, 0.25) is 0 Å². The van der Waals surface area contributed by atoms with E-state index in [1.54, 1.807) is 0 Å². The molecule has 0 aliphatic heterocycles. The average Bonchev–Trinajstić information content (AvgIpc) is 2.48. The Kier molecular flexibility index (Phi) is 5.83. The van der Waals surface area contributed by atoms with Crippen LogP contribution in [0, 0.1) is 11.8 Å². The van der Waals surface area contributed by atoms with Crippen LogP contribution >= 0.6 is 0 Å². The maximum Gasteiger partial charge on any atom is 0.0613 e. The highest BCUT2D eigenvalue weighted by atomic mass is 16.3. The molecule has 0 aromatic heterocycles. The Labute approximate surface area is 130 Å². The van der Waals surface area contributed by atoms with Gasteiger partial charge in [-0.15, -0.1) is 0 Å². The van der Waals surface area contributed by atoms with Gasteiger partial charge in [-0.25, -0.2) is 0 Å². The van der Waals surface area contributed by atoms with Crippen LogP contribution in [-0.4, -0.2) is 23.8 Å². The third-order valence-electron chi connectivity index (χ3n) is 5.12.